The first kappa shape index (κ1) is 12.9. The van der Waals surface area contributed by atoms with Crippen molar-refractivity contribution in [2.75, 3.05) is 5.73 Å². The third-order valence-corrected chi connectivity index (χ3v) is 3.94. The summed E-state index contributed by atoms with van der Waals surface area (Å²) in [6, 6.07) is 10.3. The van der Waals surface area contributed by atoms with Crippen LogP contribution in [0.1, 0.15) is 21.8 Å². The molecule has 0 spiro atoms. The predicted octanol–water partition coefficient (Wildman–Crippen LogP) is 3.59. The van der Waals surface area contributed by atoms with Crippen LogP contribution in [0.4, 0.5) is 5.00 Å². The van der Waals surface area contributed by atoms with Gasteiger partial charge in [0.15, 0.2) is 5.82 Å². The van der Waals surface area contributed by atoms with Crippen LogP contribution < -0.4 is 5.73 Å². The van der Waals surface area contributed by atoms with Gasteiger partial charge in [0.2, 0.25) is 0 Å². The molecule has 1 aromatic carbocycles. The Morgan fingerprint density at radius 1 is 1.20 bits per heavy atom. The minimum atomic E-state index is 0.494. The summed E-state index contributed by atoms with van der Waals surface area (Å²) >= 11 is 1.53. The number of aryl methyl sites for hydroxylation is 2. The summed E-state index contributed by atoms with van der Waals surface area (Å²) in [5.41, 5.74) is 9.18. The molecule has 2 N–H and O–H groups in total. The molecular weight excluding hydrogens is 270 g/mol. The molecular formula is C15H15N3OS. The molecule has 0 aliphatic rings. The van der Waals surface area contributed by atoms with Crippen molar-refractivity contribution in [2.24, 2.45) is 0 Å². The fourth-order valence-corrected chi connectivity index (χ4v) is 2.80. The molecule has 20 heavy (non-hydrogen) atoms. The second-order valence-electron chi connectivity index (χ2n) is 4.81. The fourth-order valence-electron chi connectivity index (χ4n) is 2.02. The lowest BCUT2D eigenvalue weighted by Crippen LogP contribution is -1.91. The van der Waals surface area contributed by atoms with Gasteiger partial charge in [0.25, 0.3) is 5.89 Å². The van der Waals surface area contributed by atoms with Crippen LogP contribution in [-0.2, 0) is 6.42 Å². The number of nitrogen functional groups attached to an aromatic ring is 1. The summed E-state index contributed by atoms with van der Waals surface area (Å²) < 4.78 is 5.31. The molecule has 0 fully saturated rings. The molecule has 0 saturated heterocycles. The molecule has 2 heterocycles. The predicted molar refractivity (Wildman–Crippen MR) is 80.7 cm³/mol. The van der Waals surface area contributed by atoms with Crippen LogP contribution in [0.5, 0.6) is 0 Å². The van der Waals surface area contributed by atoms with E-state index in [1.54, 1.807) is 0 Å². The first-order valence-corrected chi connectivity index (χ1v) is 7.18. The van der Waals surface area contributed by atoms with Gasteiger partial charge in [0, 0.05) is 11.3 Å². The lowest BCUT2D eigenvalue weighted by molar-refractivity contribution is 0.424. The molecule has 0 atom stereocenters. The van der Waals surface area contributed by atoms with E-state index in [0.717, 1.165) is 16.0 Å². The van der Waals surface area contributed by atoms with Crippen LogP contribution in [-0.4, -0.2) is 10.1 Å². The number of rotatable bonds is 3. The summed E-state index contributed by atoms with van der Waals surface area (Å²) in [6.45, 7) is 4.08. The molecule has 3 rings (SSSR count). The maximum absolute atomic E-state index is 5.94. The summed E-state index contributed by atoms with van der Waals surface area (Å²) in [5, 5.41) is 4.74. The lowest BCUT2D eigenvalue weighted by Gasteiger charge is -1.97. The number of thiophene rings is 1. The van der Waals surface area contributed by atoms with Gasteiger partial charge in [-0.05, 0) is 25.5 Å². The molecule has 3 aromatic rings. The zero-order chi connectivity index (χ0) is 14.1. The number of aromatic nitrogens is 2. The second kappa shape index (κ2) is 5.09. The number of hydrogen-bond acceptors (Lipinski definition) is 5. The van der Waals surface area contributed by atoms with Gasteiger partial charge in [0.05, 0.1) is 10.6 Å². The molecule has 0 radical (unpaired) electrons. The lowest BCUT2D eigenvalue weighted by atomic mass is 10.1. The molecule has 0 amide bonds. The Kier molecular flexibility index (Phi) is 3.28. The van der Waals surface area contributed by atoms with Crippen LogP contribution in [0.15, 0.2) is 34.9 Å². The topological polar surface area (TPSA) is 64.9 Å². The van der Waals surface area contributed by atoms with E-state index in [1.807, 2.05) is 13.0 Å². The zero-order valence-electron chi connectivity index (χ0n) is 11.4. The number of nitrogens with zero attached hydrogens (tertiary/aromatic N) is 2. The number of anilines is 1. The SMILES string of the molecule is Cc1ccc(Cc2noc(-c3cc(C)sc3N)n2)cc1. The smallest absolute Gasteiger partial charge is 0.260 e. The molecule has 0 aliphatic heterocycles. The van der Waals surface area contributed by atoms with E-state index in [0.29, 0.717) is 23.1 Å². The Balaban J connectivity index is 1.83. The quantitative estimate of drug-likeness (QED) is 0.798. The molecule has 102 valence electrons. The maximum atomic E-state index is 5.94. The standard InChI is InChI=1S/C15H15N3OS/c1-9-3-5-11(6-4-9)8-13-17-15(19-18-13)12-7-10(2)20-14(12)16/h3-7H,8,16H2,1-2H3. The average molecular weight is 285 g/mol. The van der Waals surface area contributed by atoms with Gasteiger partial charge < -0.3 is 10.3 Å². The van der Waals surface area contributed by atoms with Crippen LogP contribution in [0.3, 0.4) is 0 Å². The minimum absolute atomic E-state index is 0.494. The van der Waals surface area contributed by atoms with Crippen molar-refractivity contribution in [1.29, 1.82) is 0 Å². The maximum Gasteiger partial charge on any atom is 0.260 e. The van der Waals surface area contributed by atoms with Gasteiger partial charge in [-0.15, -0.1) is 11.3 Å². The van der Waals surface area contributed by atoms with Gasteiger partial charge in [-0.3, -0.25) is 0 Å². The second-order valence-corrected chi connectivity index (χ2v) is 6.10. The number of hydrogen-bond donors (Lipinski definition) is 1. The van der Waals surface area contributed by atoms with Crippen LogP contribution in [0, 0.1) is 13.8 Å². The van der Waals surface area contributed by atoms with Crippen LogP contribution in [0.2, 0.25) is 0 Å². The minimum Gasteiger partial charge on any atom is -0.390 e. The Morgan fingerprint density at radius 3 is 2.60 bits per heavy atom. The Labute approximate surface area is 121 Å². The van der Waals surface area contributed by atoms with E-state index in [2.05, 4.69) is 41.3 Å². The molecule has 0 unspecified atom stereocenters. The van der Waals surface area contributed by atoms with Crippen molar-refractivity contribution >= 4 is 16.3 Å². The van der Waals surface area contributed by atoms with Crippen LogP contribution >= 0.6 is 11.3 Å². The zero-order valence-corrected chi connectivity index (χ0v) is 12.2. The first-order chi connectivity index (χ1) is 9.61. The molecule has 0 saturated carbocycles. The van der Waals surface area contributed by atoms with Crippen molar-refractivity contribution in [2.45, 2.75) is 20.3 Å². The molecule has 5 heteroatoms. The van der Waals surface area contributed by atoms with Gasteiger partial charge in [-0.2, -0.15) is 4.98 Å². The van der Waals surface area contributed by atoms with E-state index in [-0.39, 0.29) is 0 Å². The molecule has 0 aliphatic carbocycles. The largest absolute Gasteiger partial charge is 0.390 e. The monoisotopic (exact) mass is 285 g/mol. The molecule has 4 nitrogen and oxygen atoms in total. The average Bonchev–Trinajstić information content (AvgIpc) is 2.99. The van der Waals surface area contributed by atoms with Crippen LogP contribution in [0.25, 0.3) is 11.5 Å². The summed E-state index contributed by atoms with van der Waals surface area (Å²) in [6.07, 6.45) is 0.660. The van der Waals surface area contributed by atoms with E-state index >= 15 is 0 Å². The highest BCUT2D eigenvalue weighted by Gasteiger charge is 2.14. The third kappa shape index (κ3) is 2.58. The fraction of sp³-hybridized carbons (Fsp3) is 0.200. The Bertz CT molecular complexity index is 728. The van der Waals surface area contributed by atoms with Crippen molar-refractivity contribution in [1.82, 2.24) is 10.1 Å². The summed E-state index contributed by atoms with van der Waals surface area (Å²) in [7, 11) is 0. The normalized spacial score (nSPS) is 10.9. The van der Waals surface area contributed by atoms with Crippen molar-refractivity contribution < 1.29 is 4.52 Å². The van der Waals surface area contributed by atoms with E-state index in [9.17, 15) is 0 Å². The highest BCUT2D eigenvalue weighted by Crippen LogP contribution is 2.32. The van der Waals surface area contributed by atoms with Gasteiger partial charge in [-0.25, -0.2) is 0 Å². The molecule has 0 bridgehead atoms. The van der Waals surface area contributed by atoms with Gasteiger partial charge in [-0.1, -0.05) is 35.0 Å². The van der Waals surface area contributed by atoms with Gasteiger partial charge >= 0.3 is 0 Å². The van der Waals surface area contributed by atoms with Crippen molar-refractivity contribution in [3.63, 3.8) is 0 Å². The highest BCUT2D eigenvalue weighted by atomic mass is 32.1. The van der Waals surface area contributed by atoms with Gasteiger partial charge in [0.1, 0.15) is 0 Å². The number of benzene rings is 1. The third-order valence-electron chi connectivity index (χ3n) is 3.07. The molecule has 2 aromatic heterocycles. The number of nitrogens with two attached hydrogens (primary N) is 1. The van der Waals surface area contributed by atoms with E-state index < -0.39 is 0 Å². The summed E-state index contributed by atoms with van der Waals surface area (Å²) in [5.74, 6) is 1.17. The first-order valence-electron chi connectivity index (χ1n) is 6.36. The highest BCUT2D eigenvalue weighted by molar-refractivity contribution is 7.16. The Morgan fingerprint density at radius 2 is 1.95 bits per heavy atom. The Hall–Kier alpha value is -2.14. The van der Waals surface area contributed by atoms with E-state index in [1.165, 1.54) is 16.9 Å². The van der Waals surface area contributed by atoms with E-state index in [4.69, 9.17) is 10.3 Å². The van der Waals surface area contributed by atoms with Crippen molar-refractivity contribution in [3.8, 4) is 11.5 Å². The van der Waals surface area contributed by atoms with Crippen molar-refractivity contribution in [3.05, 3.63) is 52.2 Å². The summed E-state index contributed by atoms with van der Waals surface area (Å²) in [4.78, 5) is 5.56.